The van der Waals surface area contributed by atoms with E-state index in [1.165, 1.54) is 12.1 Å². The van der Waals surface area contributed by atoms with Crippen LogP contribution in [0.4, 0.5) is 8.78 Å². The van der Waals surface area contributed by atoms with Gasteiger partial charge >= 0.3 is 0 Å². The van der Waals surface area contributed by atoms with Crippen molar-refractivity contribution in [3.05, 3.63) is 130 Å². The van der Waals surface area contributed by atoms with Crippen molar-refractivity contribution in [1.29, 1.82) is 5.26 Å². The van der Waals surface area contributed by atoms with E-state index in [9.17, 15) is 18.8 Å². The minimum Gasteiger partial charge on any atom is -0.345 e. The van der Waals surface area contributed by atoms with Crippen LogP contribution >= 0.6 is 0 Å². The van der Waals surface area contributed by atoms with E-state index in [0.717, 1.165) is 44.9 Å². The van der Waals surface area contributed by atoms with Crippen LogP contribution in [0, 0.1) is 36.8 Å². The smallest absolute Gasteiger partial charge is 0.251 e. The summed E-state index contributed by atoms with van der Waals surface area (Å²) in [7, 11) is 0. The van der Waals surface area contributed by atoms with Gasteiger partial charge in [0, 0.05) is 40.3 Å². The summed E-state index contributed by atoms with van der Waals surface area (Å²) in [6.07, 6.45) is 0. The quantitative estimate of drug-likeness (QED) is 0.251. The molecule has 1 N–H and O–H groups in total. The van der Waals surface area contributed by atoms with Crippen molar-refractivity contribution in [1.82, 2.24) is 9.88 Å². The molecule has 0 aliphatic heterocycles. The maximum atomic E-state index is 14.2. The van der Waals surface area contributed by atoms with E-state index in [1.807, 2.05) is 55.5 Å². The molecule has 194 valence electrons. The Kier molecular flexibility index (Phi) is 7.00. The first kappa shape index (κ1) is 25.9. The standard InChI is InChI=1S/C33H27F2N3O/c1-20-22(3)38(19-23-8-10-24(11-9-23)29-7-5-4-6-26(29)18-36)32-15-12-25(16-30(20)32)33(39)37-21(2)28-14-13-27(34)17-31(28)35/h4-17,21H,19H2,1-3H3,(H,37,39)/t21-/m0/s1. The fourth-order valence-electron chi connectivity index (χ4n) is 5.01. The van der Waals surface area contributed by atoms with Gasteiger partial charge in [0.15, 0.2) is 0 Å². The van der Waals surface area contributed by atoms with Gasteiger partial charge in [-0.15, -0.1) is 0 Å². The first-order chi connectivity index (χ1) is 18.8. The summed E-state index contributed by atoms with van der Waals surface area (Å²) in [4.78, 5) is 13.0. The number of carbonyl (C=O) groups excluding carboxylic acids is 1. The highest BCUT2D eigenvalue weighted by molar-refractivity contribution is 5.99. The highest BCUT2D eigenvalue weighted by Crippen LogP contribution is 2.29. The lowest BCUT2D eigenvalue weighted by molar-refractivity contribution is 0.0939. The zero-order valence-corrected chi connectivity index (χ0v) is 21.9. The Hall–Kier alpha value is -4.76. The average molecular weight is 520 g/mol. The first-order valence-corrected chi connectivity index (χ1v) is 12.7. The summed E-state index contributed by atoms with van der Waals surface area (Å²) in [5, 5.41) is 13.2. The number of hydrogen-bond donors (Lipinski definition) is 1. The SMILES string of the molecule is Cc1c(C)n(Cc2ccc(-c3ccccc3C#N)cc2)c2ccc(C(=O)N[C@@H](C)c3ccc(F)cc3F)cc12. The van der Waals surface area contributed by atoms with Crippen LogP contribution in [0.2, 0.25) is 0 Å². The summed E-state index contributed by atoms with van der Waals surface area (Å²) in [6.45, 7) is 6.42. The molecule has 4 aromatic carbocycles. The van der Waals surface area contributed by atoms with Crippen LogP contribution in [0.1, 0.15) is 51.3 Å². The Morgan fingerprint density at radius 1 is 0.974 bits per heavy atom. The second-order valence-corrected chi connectivity index (χ2v) is 9.74. The Bertz CT molecular complexity index is 1750. The molecular formula is C33H27F2N3O. The molecule has 0 aliphatic rings. The van der Waals surface area contributed by atoms with Crippen molar-refractivity contribution in [3.8, 4) is 17.2 Å². The number of rotatable bonds is 6. The van der Waals surface area contributed by atoms with Crippen molar-refractivity contribution in [3.63, 3.8) is 0 Å². The van der Waals surface area contributed by atoms with Gasteiger partial charge in [-0.1, -0.05) is 48.5 Å². The van der Waals surface area contributed by atoms with Gasteiger partial charge in [0.2, 0.25) is 0 Å². The third-order valence-corrected chi connectivity index (χ3v) is 7.33. The summed E-state index contributed by atoms with van der Waals surface area (Å²) in [6, 6.07) is 26.3. The zero-order chi connectivity index (χ0) is 27.7. The number of aromatic nitrogens is 1. The van der Waals surface area contributed by atoms with Crippen molar-refractivity contribution >= 4 is 16.8 Å². The number of nitriles is 1. The van der Waals surface area contributed by atoms with Gasteiger partial charge in [-0.05, 0) is 73.4 Å². The van der Waals surface area contributed by atoms with Crippen molar-refractivity contribution in [2.24, 2.45) is 0 Å². The number of nitrogens with one attached hydrogen (secondary N) is 1. The summed E-state index contributed by atoms with van der Waals surface area (Å²) in [5.74, 6) is -1.67. The van der Waals surface area contributed by atoms with Crippen LogP contribution in [0.3, 0.4) is 0 Å². The fraction of sp³-hybridized carbons (Fsp3) is 0.152. The molecule has 0 bridgehead atoms. The van der Waals surface area contributed by atoms with Crippen molar-refractivity contribution in [2.75, 3.05) is 0 Å². The van der Waals surface area contributed by atoms with Crippen LogP contribution in [0.25, 0.3) is 22.0 Å². The second kappa shape index (κ2) is 10.5. The minimum atomic E-state index is -0.691. The Labute approximate surface area is 226 Å². The van der Waals surface area contributed by atoms with E-state index in [1.54, 1.807) is 13.0 Å². The summed E-state index contributed by atoms with van der Waals surface area (Å²) in [5.41, 5.74) is 7.55. The number of nitrogens with zero attached hydrogens (tertiary/aromatic N) is 2. The summed E-state index contributed by atoms with van der Waals surface area (Å²) < 4.78 is 29.7. The number of halogens is 2. The average Bonchev–Trinajstić information content (AvgIpc) is 3.17. The van der Waals surface area contributed by atoms with Gasteiger partial charge in [0.1, 0.15) is 11.6 Å². The van der Waals surface area contributed by atoms with Crippen LogP contribution in [-0.4, -0.2) is 10.5 Å². The number of fused-ring (bicyclic) bond motifs is 1. The predicted molar refractivity (Wildman–Crippen MR) is 149 cm³/mol. The van der Waals surface area contributed by atoms with Gasteiger partial charge in [-0.3, -0.25) is 4.79 Å². The monoisotopic (exact) mass is 519 g/mol. The van der Waals surface area contributed by atoms with Gasteiger partial charge in [-0.25, -0.2) is 8.78 Å². The van der Waals surface area contributed by atoms with Crippen LogP contribution in [-0.2, 0) is 6.54 Å². The van der Waals surface area contributed by atoms with Gasteiger partial charge in [0.05, 0.1) is 17.7 Å². The Morgan fingerprint density at radius 3 is 2.44 bits per heavy atom. The third kappa shape index (κ3) is 5.04. The normalized spacial score (nSPS) is 11.8. The molecule has 1 aromatic heterocycles. The van der Waals surface area contributed by atoms with Gasteiger partial charge in [-0.2, -0.15) is 5.26 Å². The summed E-state index contributed by atoms with van der Waals surface area (Å²) >= 11 is 0. The molecule has 1 heterocycles. The largest absolute Gasteiger partial charge is 0.345 e. The van der Waals surface area contributed by atoms with Crippen LogP contribution in [0.5, 0.6) is 0 Å². The Morgan fingerprint density at radius 2 is 1.72 bits per heavy atom. The van der Waals surface area contributed by atoms with E-state index in [4.69, 9.17) is 0 Å². The fourth-order valence-corrected chi connectivity index (χ4v) is 5.01. The zero-order valence-electron chi connectivity index (χ0n) is 21.9. The van der Waals surface area contributed by atoms with Gasteiger partial charge < -0.3 is 9.88 Å². The minimum absolute atomic E-state index is 0.228. The first-order valence-electron chi connectivity index (χ1n) is 12.7. The molecule has 0 aliphatic carbocycles. The van der Waals surface area contributed by atoms with E-state index in [-0.39, 0.29) is 11.5 Å². The molecular weight excluding hydrogens is 492 g/mol. The molecule has 0 fully saturated rings. The number of benzene rings is 4. The van der Waals surface area contributed by atoms with E-state index < -0.39 is 17.7 Å². The van der Waals surface area contributed by atoms with Crippen molar-refractivity contribution < 1.29 is 13.6 Å². The lowest BCUT2D eigenvalue weighted by Gasteiger charge is -2.15. The van der Waals surface area contributed by atoms with Crippen LogP contribution in [0.15, 0.2) is 84.9 Å². The maximum Gasteiger partial charge on any atom is 0.251 e. The molecule has 5 aromatic rings. The second-order valence-electron chi connectivity index (χ2n) is 9.74. The highest BCUT2D eigenvalue weighted by Gasteiger charge is 2.18. The molecule has 0 saturated heterocycles. The number of aryl methyl sites for hydroxylation is 1. The molecule has 0 unspecified atom stereocenters. The van der Waals surface area contributed by atoms with Gasteiger partial charge in [0.25, 0.3) is 5.91 Å². The number of carbonyl (C=O) groups is 1. The Balaban J connectivity index is 1.38. The van der Waals surface area contributed by atoms with E-state index >= 15 is 0 Å². The van der Waals surface area contributed by atoms with Crippen LogP contribution < -0.4 is 5.32 Å². The molecule has 4 nitrogen and oxygen atoms in total. The third-order valence-electron chi connectivity index (χ3n) is 7.33. The molecule has 0 spiro atoms. The van der Waals surface area contributed by atoms with E-state index in [0.29, 0.717) is 17.7 Å². The topological polar surface area (TPSA) is 57.8 Å². The van der Waals surface area contributed by atoms with E-state index in [2.05, 4.69) is 35.0 Å². The molecule has 1 atom stereocenters. The number of hydrogen-bond acceptors (Lipinski definition) is 2. The molecule has 1 amide bonds. The molecule has 0 radical (unpaired) electrons. The molecule has 6 heteroatoms. The molecule has 39 heavy (non-hydrogen) atoms. The lowest BCUT2D eigenvalue weighted by atomic mass is 9.99. The number of amides is 1. The molecule has 5 rings (SSSR count). The predicted octanol–water partition coefficient (Wildman–Crippen LogP) is 7.61. The highest BCUT2D eigenvalue weighted by atomic mass is 19.1. The maximum absolute atomic E-state index is 14.2. The molecule has 0 saturated carbocycles. The lowest BCUT2D eigenvalue weighted by Crippen LogP contribution is -2.27. The van der Waals surface area contributed by atoms with Crippen molar-refractivity contribution in [2.45, 2.75) is 33.4 Å².